The first-order valence-corrected chi connectivity index (χ1v) is 10.4. The number of carbonyl (C=O) groups excluding carboxylic acids is 2. The standard InChI is InChI=1S/C24H32N2O3/c1-5-14-26(15-6-2)24(28)19-10-9-11-20(16-19)25-23(27)21-12-7-8-13-22(21)29-17-18(3)4/h7-13,16,18H,5-6,14-15,17H2,1-4H3,(H,25,27). The van der Waals surface area contributed by atoms with Crippen LogP contribution in [0.1, 0.15) is 61.3 Å². The Morgan fingerprint density at radius 2 is 1.69 bits per heavy atom. The average molecular weight is 397 g/mol. The van der Waals surface area contributed by atoms with Gasteiger partial charge in [0.25, 0.3) is 11.8 Å². The van der Waals surface area contributed by atoms with Gasteiger partial charge in [0.15, 0.2) is 0 Å². The van der Waals surface area contributed by atoms with Crippen LogP contribution in [0, 0.1) is 5.92 Å². The summed E-state index contributed by atoms with van der Waals surface area (Å²) in [6.45, 7) is 10.2. The van der Waals surface area contributed by atoms with Crippen LogP contribution in [0.2, 0.25) is 0 Å². The van der Waals surface area contributed by atoms with Gasteiger partial charge in [-0.25, -0.2) is 0 Å². The number of carbonyl (C=O) groups is 2. The third-order valence-corrected chi connectivity index (χ3v) is 4.35. The number of hydrogen-bond acceptors (Lipinski definition) is 3. The van der Waals surface area contributed by atoms with Crippen molar-refractivity contribution in [2.45, 2.75) is 40.5 Å². The van der Waals surface area contributed by atoms with Crippen molar-refractivity contribution >= 4 is 17.5 Å². The molecule has 2 rings (SSSR count). The van der Waals surface area contributed by atoms with Crippen LogP contribution in [0.3, 0.4) is 0 Å². The van der Waals surface area contributed by atoms with Crippen LogP contribution in [-0.4, -0.2) is 36.4 Å². The molecule has 0 radical (unpaired) electrons. The van der Waals surface area contributed by atoms with E-state index in [1.807, 2.05) is 17.0 Å². The number of amides is 2. The third-order valence-electron chi connectivity index (χ3n) is 4.35. The van der Waals surface area contributed by atoms with Gasteiger partial charge in [-0.3, -0.25) is 9.59 Å². The van der Waals surface area contributed by atoms with Gasteiger partial charge >= 0.3 is 0 Å². The zero-order valence-electron chi connectivity index (χ0n) is 17.9. The largest absolute Gasteiger partial charge is 0.492 e. The molecule has 2 amide bonds. The second-order valence-corrected chi connectivity index (χ2v) is 7.53. The van der Waals surface area contributed by atoms with Crippen molar-refractivity contribution < 1.29 is 14.3 Å². The Balaban J connectivity index is 2.16. The zero-order chi connectivity index (χ0) is 21.2. The molecule has 0 aliphatic carbocycles. The summed E-state index contributed by atoms with van der Waals surface area (Å²) in [6, 6.07) is 14.3. The minimum absolute atomic E-state index is 0.00883. The molecule has 5 nitrogen and oxygen atoms in total. The van der Waals surface area contributed by atoms with Crippen molar-refractivity contribution in [1.82, 2.24) is 4.90 Å². The van der Waals surface area contributed by atoms with Crippen LogP contribution < -0.4 is 10.1 Å². The molecule has 0 spiro atoms. The van der Waals surface area contributed by atoms with Gasteiger partial charge in [0.2, 0.25) is 0 Å². The van der Waals surface area contributed by atoms with Gasteiger partial charge in [0.1, 0.15) is 5.75 Å². The highest BCUT2D eigenvalue weighted by Gasteiger charge is 2.16. The highest BCUT2D eigenvalue weighted by Crippen LogP contribution is 2.21. The first-order chi connectivity index (χ1) is 14.0. The lowest BCUT2D eigenvalue weighted by molar-refractivity contribution is 0.0755. The molecule has 0 aromatic heterocycles. The first kappa shape index (κ1) is 22.5. The van der Waals surface area contributed by atoms with Crippen molar-refractivity contribution in [2.75, 3.05) is 25.0 Å². The van der Waals surface area contributed by atoms with Gasteiger partial charge in [0.05, 0.1) is 12.2 Å². The van der Waals surface area contributed by atoms with Crippen molar-refractivity contribution in [3.05, 3.63) is 59.7 Å². The zero-order valence-corrected chi connectivity index (χ0v) is 17.9. The molecule has 0 unspecified atom stereocenters. The molecule has 0 saturated heterocycles. The molecule has 0 heterocycles. The van der Waals surface area contributed by atoms with E-state index in [2.05, 4.69) is 33.0 Å². The number of rotatable bonds is 10. The Hall–Kier alpha value is -2.82. The smallest absolute Gasteiger partial charge is 0.259 e. The maximum absolute atomic E-state index is 12.8. The normalized spacial score (nSPS) is 10.7. The molecule has 156 valence electrons. The first-order valence-electron chi connectivity index (χ1n) is 10.4. The molecular weight excluding hydrogens is 364 g/mol. The summed E-state index contributed by atoms with van der Waals surface area (Å²) < 4.78 is 5.78. The number of benzene rings is 2. The maximum Gasteiger partial charge on any atom is 0.259 e. The molecule has 0 aliphatic rings. The Bertz CT molecular complexity index is 811. The fourth-order valence-corrected chi connectivity index (χ4v) is 3.00. The lowest BCUT2D eigenvalue weighted by atomic mass is 10.1. The van der Waals surface area contributed by atoms with Crippen molar-refractivity contribution in [2.24, 2.45) is 5.92 Å². The lowest BCUT2D eigenvalue weighted by Gasteiger charge is -2.21. The number of nitrogens with one attached hydrogen (secondary N) is 1. The van der Waals surface area contributed by atoms with Crippen LogP contribution in [-0.2, 0) is 0 Å². The summed E-state index contributed by atoms with van der Waals surface area (Å²) in [5, 5.41) is 2.89. The lowest BCUT2D eigenvalue weighted by Crippen LogP contribution is -2.32. The average Bonchev–Trinajstić information content (AvgIpc) is 2.72. The van der Waals surface area contributed by atoms with Gasteiger partial charge in [-0.2, -0.15) is 0 Å². The fraction of sp³-hybridized carbons (Fsp3) is 0.417. The second-order valence-electron chi connectivity index (χ2n) is 7.53. The van der Waals surface area contributed by atoms with Gasteiger partial charge < -0.3 is 15.0 Å². The van der Waals surface area contributed by atoms with E-state index in [9.17, 15) is 9.59 Å². The number of para-hydroxylation sites is 1. The van der Waals surface area contributed by atoms with E-state index in [1.54, 1.807) is 36.4 Å². The number of nitrogens with zero attached hydrogens (tertiary/aromatic N) is 1. The molecular formula is C24H32N2O3. The Morgan fingerprint density at radius 3 is 2.34 bits per heavy atom. The molecule has 0 aliphatic heterocycles. The van der Waals surface area contributed by atoms with E-state index in [1.165, 1.54) is 0 Å². The molecule has 0 atom stereocenters. The monoisotopic (exact) mass is 396 g/mol. The molecule has 2 aromatic carbocycles. The maximum atomic E-state index is 12.8. The van der Waals surface area contributed by atoms with Crippen molar-refractivity contribution in [1.29, 1.82) is 0 Å². The minimum atomic E-state index is -0.257. The molecule has 2 aromatic rings. The minimum Gasteiger partial charge on any atom is -0.492 e. The Kier molecular flexibility index (Phi) is 8.71. The summed E-state index contributed by atoms with van der Waals surface area (Å²) in [5.41, 5.74) is 1.64. The third kappa shape index (κ3) is 6.63. The van der Waals surface area contributed by atoms with Crippen molar-refractivity contribution in [3.8, 4) is 5.75 Å². The molecule has 0 bridgehead atoms. The van der Waals surface area contributed by atoms with Crippen molar-refractivity contribution in [3.63, 3.8) is 0 Å². The predicted octanol–water partition coefficient (Wildman–Crippen LogP) is 5.24. The number of anilines is 1. The summed E-state index contributed by atoms with van der Waals surface area (Å²) in [5.74, 6) is 0.657. The second kappa shape index (κ2) is 11.2. The molecule has 0 saturated carbocycles. The summed E-state index contributed by atoms with van der Waals surface area (Å²) in [6.07, 6.45) is 1.82. The van der Waals surface area contributed by atoms with E-state index < -0.39 is 0 Å². The SMILES string of the molecule is CCCN(CCC)C(=O)c1cccc(NC(=O)c2ccccc2OCC(C)C)c1. The van der Waals surface area contributed by atoms with Gasteiger partial charge in [-0.1, -0.05) is 45.9 Å². The van der Waals surface area contributed by atoms with Crippen LogP contribution in [0.5, 0.6) is 5.75 Å². The van der Waals surface area contributed by atoms with Gasteiger partial charge in [-0.05, 0) is 49.1 Å². The Labute approximate surface area is 174 Å². The Morgan fingerprint density at radius 1 is 1.00 bits per heavy atom. The fourth-order valence-electron chi connectivity index (χ4n) is 3.00. The molecule has 29 heavy (non-hydrogen) atoms. The number of ether oxygens (including phenoxy) is 1. The summed E-state index contributed by atoms with van der Waals surface area (Å²) >= 11 is 0. The molecule has 5 heteroatoms. The van der Waals surface area contributed by atoms with E-state index in [0.717, 1.165) is 25.9 Å². The highest BCUT2D eigenvalue weighted by atomic mass is 16.5. The van der Waals surface area contributed by atoms with Crippen LogP contribution in [0.4, 0.5) is 5.69 Å². The number of hydrogen-bond donors (Lipinski definition) is 1. The summed E-state index contributed by atoms with van der Waals surface area (Å²) in [7, 11) is 0. The van der Waals surface area contributed by atoms with E-state index in [-0.39, 0.29) is 11.8 Å². The van der Waals surface area contributed by atoms with Gasteiger partial charge in [0, 0.05) is 24.3 Å². The topological polar surface area (TPSA) is 58.6 Å². The van der Waals surface area contributed by atoms with Crippen LogP contribution >= 0.6 is 0 Å². The van der Waals surface area contributed by atoms with E-state index >= 15 is 0 Å². The van der Waals surface area contributed by atoms with Crippen LogP contribution in [0.25, 0.3) is 0 Å². The van der Waals surface area contributed by atoms with E-state index in [0.29, 0.717) is 35.1 Å². The highest BCUT2D eigenvalue weighted by molar-refractivity contribution is 6.06. The molecule has 0 fully saturated rings. The van der Waals surface area contributed by atoms with Gasteiger partial charge in [-0.15, -0.1) is 0 Å². The summed E-state index contributed by atoms with van der Waals surface area (Å²) in [4.78, 5) is 27.5. The van der Waals surface area contributed by atoms with E-state index in [4.69, 9.17) is 4.74 Å². The molecule has 1 N–H and O–H groups in total. The predicted molar refractivity (Wildman–Crippen MR) is 118 cm³/mol. The quantitative estimate of drug-likeness (QED) is 0.598. The van der Waals surface area contributed by atoms with Crippen LogP contribution in [0.15, 0.2) is 48.5 Å².